The first-order chi connectivity index (χ1) is 16.3. The van der Waals surface area contributed by atoms with E-state index in [2.05, 4.69) is 5.32 Å². The molecule has 4 rings (SSSR count). The van der Waals surface area contributed by atoms with Gasteiger partial charge in [-0.25, -0.2) is 4.79 Å². The van der Waals surface area contributed by atoms with Crippen LogP contribution in [0, 0.1) is 0 Å². The minimum Gasteiger partial charge on any atom is -0.493 e. The van der Waals surface area contributed by atoms with Gasteiger partial charge in [0, 0.05) is 36.2 Å². The zero-order chi connectivity index (χ0) is 24.4. The standard InChI is InChI=1S/C27H27NO6/c1-15-24(27(31)33-4)25(18-10-11-22(34-16(2)29)23(14-18)32-3)26-20(28-15)12-19(13-21(26)30)17-8-6-5-7-9-17/h5-11,14,19,25,28H,12-13H2,1-4H3/t19-,25+/m0/s1. The van der Waals surface area contributed by atoms with Crippen molar-refractivity contribution in [3.05, 3.63) is 82.2 Å². The van der Waals surface area contributed by atoms with Crippen LogP contribution in [-0.4, -0.2) is 31.9 Å². The van der Waals surface area contributed by atoms with Crippen LogP contribution in [0.3, 0.4) is 0 Å². The molecule has 2 aromatic carbocycles. The molecule has 0 amide bonds. The number of ketones is 1. The lowest BCUT2D eigenvalue weighted by Crippen LogP contribution is -2.36. The zero-order valence-corrected chi connectivity index (χ0v) is 19.6. The molecule has 0 fully saturated rings. The number of allylic oxidation sites excluding steroid dienone is 3. The Labute approximate surface area is 198 Å². The van der Waals surface area contributed by atoms with Crippen molar-refractivity contribution in [3.8, 4) is 11.5 Å². The van der Waals surface area contributed by atoms with Crippen LogP contribution in [0.15, 0.2) is 71.1 Å². The molecule has 0 saturated heterocycles. The van der Waals surface area contributed by atoms with Crippen LogP contribution in [0.1, 0.15) is 49.7 Å². The minimum atomic E-state index is -0.631. The predicted octanol–water partition coefficient (Wildman–Crippen LogP) is 4.16. The first-order valence-corrected chi connectivity index (χ1v) is 11.1. The van der Waals surface area contributed by atoms with Crippen LogP contribution in [0.25, 0.3) is 0 Å². The molecule has 34 heavy (non-hydrogen) atoms. The number of dihydropyridines is 1. The maximum absolute atomic E-state index is 13.6. The van der Waals surface area contributed by atoms with Gasteiger partial charge in [0.2, 0.25) is 0 Å². The molecule has 1 N–H and O–H groups in total. The summed E-state index contributed by atoms with van der Waals surface area (Å²) in [6, 6.07) is 15.0. The van der Waals surface area contributed by atoms with E-state index in [1.54, 1.807) is 18.2 Å². The van der Waals surface area contributed by atoms with Gasteiger partial charge in [-0.3, -0.25) is 9.59 Å². The van der Waals surface area contributed by atoms with Gasteiger partial charge in [-0.15, -0.1) is 0 Å². The highest BCUT2D eigenvalue weighted by atomic mass is 16.6. The molecule has 0 spiro atoms. The van der Waals surface area contributed by atoms with E-state index in [0.717, 1.165) is 11.3 Å². The second-order valence-corrected chi connectivity index (χ2v) is 8.42. The average Bonchev–Trinajstić information content (AvgIpc) is 2.83. The van der Waals surface area contributed by atoms with Crippen molar-refractivity contribution in [2.75, 3.05) is 14.2 Å². The normalized spacial score (nSPS) is 19.8. The van der Waals surface area contributed by atoms with Gasteiger partial charge in [0.1, 0.15) is 0 Å². The summed E-state index contributed by atoms with van der Waals surface area (Å²) in [4.78, 5) is 37.9. The number of carbonyl (C=O) groups excluding carboxylic acids is 3. The van der Waals surface area contributed by atoms with Gasteiger partial charge in [0.05, 0.1) is 19.8 Å². The number of rotatable bonds is 5. The Bertz CT molecular complexity index is 1210. The summed E-state index contributed by atoms with van der Waals surface area (Å²) in [6.45, 7) is 3.12. The molecule has 0 saturated carbocycles. The molecule has 1 heterocycles. The predicted molar refractivity (Wildman–Crippen MR) is 125 cm³/mol. The van der Waals surface area contributed by atoms with Gasteiger partial charge in [-0.1, -0.05) is 36.4 Å². The molecule has 2 aliphatic rings. The molecule has 0 radical (unpaired) electrons. The van der Waals surface area contributed by atoms with Gasteiger partial charge in [0.25, 0.3) is 0 Å². The number of methoxy groups -OCH3 is 2. The Morgan fingerprint density at radius 1 is 0.971 bits per heavy atom. The Morgan fingerprint density at radius 2 is 1.71 bits per heavy atom. The fourth-order valence-electron chi connectivity index (χ4n) is 4.82. The maximum Gasteiger partial charge on any atom is 0.336 e. The van der Waals surface area contributed by atoms with Crippen LogP contribution in [0.5, 0.6) is 11.5 Å². The van der Waals surface area contributed by atoms with Crippen LogP contribution >= 0.6 is 0 Å². The average molecular weight is 462 g/mol. The number of nitrogens with one attached hydrogen (secondary N) is 1. The van der Waals surface area contributed by atoms with Crippen molar-refractivity contribution in [2.45, 2.75) is 38.5 Å². The largest absolute Gasteiger partial charge is 0.493 e. The molecular weight excluding hydrogens is 434 g/mol. The smallest absolute Gasteiger partial charge is 0.336 e. The number of hydrogen-bond donors (Lipinski definition) is 1. The number of hydrogen-bond acceptors (Lipinski definition) is 7. The van der Waals surface area contributed by atoms with Crippen molar-refractivity contribution in [2.24, 2.45) is 0 Å². The SMILES string of the molecule is COC(=O)C1=C(C)NC2=C(C(=O)C[C@@H](c3ccccc3)C2)[C@@H]1c1ccc(OC(C)=O)c(OC)c1. The highest BCUT2D eigenvalue weighted by Crippen LogP contribution is 2.46. The first kappa shape index (κ1) is 23.3. The Morgan fingerprint density at radius 3 is 2.35 bits per heavy atom. The van der Waals surface area contributed by atoms with Crippen LogP contribution in [-0.2, 0) is 19.1 Å². The van der Waals surface area contributed by atoms with E-state index in [-0.39, 0.29) is 17.5 Å². The van der Waals surface area contributed by atoms with E-state index in [4.69, 9.17) is 14.2 Å². The molecule has 2 atom stereocenters. The molecule has 0 unspecified atom stereocenters. The lowest BCUT2D eigenvalue weighted by molar-refractivity contribution is -0.136. The fraction of sp³-hybridized carbons (Fsp3) is 0.296. The third-order valence-electron chi connectivity index (χ3n) is 6.28. The fourth-order valence-corrected chi connectivity index (χ4v) is 4.82. The Kier molecular flexibility index (Phi) is 6.54. The van der Waals surface area contributed by atoms with Crippen LogP contribution < -0.4 is 14.8 Å². The third-order valence-corrected chi connectivity index (χ3v) is 6.28. The monoisotopic (exact) mass is 461 g/mol. The summed E-state index contributed by atoms with van der Waals surface area (Å²) < 4.78 is 15.7. The maximum atomic E-state index is 13.6. The number of benzene rings is 2. The van der Waals surface area contributed by atoms with E-state index in [9.17, 15) is 14.4 Å². The Balaban J connectivity index is 1.82. The Hall–Kier alpha value is -3.87. The molecule has 2 aromatic rings. The van der Waals surface area contributed by atoms with E-state index >= 15 is 0 Å². The van der Waals surface area contributed by atoms with Crippen molar-refractivity contribution in [3.63, 3.8) is 0 Å². The molecule has 7 heteroatoms. The summed E-state index contributed by atoms with van der Waals surface area (Å²) in [5, 5.41) is 3.32. The minimum absolute atomic E-state index is 0.0236. The molecule has 0 aromatic heterocycles. The van der Waals surface area contributed by atoms with Gasteiger partial charge in [-0.2, -0.15) is 0 Å². The lowest BCUT2D eigenvalue weighted by atomic mass is 9.71. The third kappa shape index (κ3) is 4.33. The highest BCUT2D eigenvalue weighted by Gasteiger charge is 2.41. The summed E-state index contributed by atoms with van der Waals surface area (Å²) in [5.74, 6) is -0.991. The second kappa shape index (κ2) is 9.55. The summed E-state index contributed by atoms with van der Waals surface area (Å²) in [7, 11) is 2.79. The lowest BCUT2D eigenvalue weighted by Gasteiger charge is -2.36. The summed E-state index contributed by atoms with van der Waals surface area (Å²) in [5.41, 5.74) is 4.15. The number of carbonyl (C=O) groups is 3. The van der Waals surface area contributed by atoms with Gasteiger partial charge >= 0.3 is 11.9 Å². The van der Waals surface area contributed by atoms with Crippen molar-refractivity contribution >= 4 is 17.7 Å². The summed E-state index contributed by atoms with van der Waals surface area (Å²) >= 11 is 0. The van der Waals surface area contributed by atoms with Crippen molar-refractivity contribution < 1.29 is 28.6 Å². The number of esters is 2. The van der Waals surface area contributed by atoms with Crippen LogP contribution in [0.4, 0.5) is 0 Å². The number of ether oxygens (including phenoxy) is 3. The molecule has 7 nitrogen and oxygen atoms in total. The summed E-state index contributed by atoms with van der Waals surface area (Å²) in [6.07, 6.45) is 0.993. The van der Waals surface area contributed by atoms with Crippen LogP contribution in [0.2, 0.25) is 0 Å². The molecule has 176 valence electrons. The van der Waals surface area contributed by atoms with E-state index in [1.807, 2.05) is 37.3 Å². The van der Waals surface area contributed by atoms with Gasteiger partial charge < -0.3 is 19.5 Å². The molecule has 0 bridgehead atoms. The first-order valence-electron chi connectivity index (χ1n) is 11.1. The van der Waals surface area contributed by atoms with E-state index in [1.165, 1.54) is 21.1 Å². The van der Waals surface area contributed by atoms with E-state index < -0.39 is 17.9 Å². The van der Waals surface area contributed by atoms with Crippen molar-refractivity contribution in [1.29, 1.82) is 0 Å². The molecule has 1 aliphatic heterocycles. The molecular formula is C27H27NO6. The second-order valence-electron chi connectivity index (χ2n) is 8.42. The van der Waals surface area contributed by atoms with E-state index in [0.29, 0.717) is 41.0 Å². The van der Waals surface area contributed by atoms with Gasteiger partial charge in [0.15, 0.2) is 17.3 Å². The van der Waals surface area contributed by atoms with Crippen molar-refractivity contribution in [1.82, 2.24) is 5.32 Å². The highest BCUT2D eigenvalue weighted by molar-refractivity contribution is 6.04. The van der Waals surface area contributed by atoms with Gasteiger partial charge in [-0.05, 0) is 42.5 Å². The zero-order valence-electron chi connectivity index (χ0n) is 19.6. The number of Topliss-reactive ketones (excluding diaryl/α,β-unsaturated/α-hetero) is 1. The quantitative estimate of drug-likeness (QED) is 0.528. The molecule has 1 aliphatic carbocycles. The topological polar surface area (TPSA) is 90.9 Å².